The summed E-state index contributed by atoms with van der Waals surface area (Å²) in [6, 6.07) is 18.3. The van der Waals surface area contributed by atoms with Crippen molar-refractivity contribution in [1.82, 2.24) is 49.3 Å². The van der Waals surface area contributed by atoms with Gasteiger partial charge in [0.2, 0.25) is 11.8 Å². The highest BCUT2D eigenvalue weighted by atomic mass is 32.2. The Hall–Kier alpha value is -7.28. The van der Waals surface area contributed by atoms with E-state index in [-0.39, 0.29) is 66.9 Å². The number of nitrogens with two attached hydrogens (primary N) is 4. The molecule has 0 spiro atoms. The lowest BCUT2D eigenvalue weighted by Crippen LogP contribution is -2.41. The number of likely N-dealkylation sites (tertiary alicyclic amines) is 2. The number of amides is 2. The summed E-state index contributed by atoms with van der Waals surface area (Å²) in [5, 5.41) is 28.1. The number of carbonyl (C=O) groups excluding carboxylic acids is 4. The van der Waals surface area contributed by atoms with E-state index in [0.29, 0.717) is 65.9 Å². The molecule has 2 amide bonds. The number of anilines is 2. The molecular weight excluding hydrogens is 1040 g/mol. The number of Topliss-reactive ketones (excluding diaryl/α,β-unsaturated/α-hetero) is 2. The Kier molecular flexibility index (Phi) is 26.3. The summed E-state index contributed by atoms with van der Waals surface area (Å²) in [4.78, 5) is 89.2. The number of carboxylic acid groups (broad SMARTS) is 2. The molecule has 4 atom stereocenters. The van der Waals surface area contributed by atoms with Gasteiger partial charge in [0, 0.05) is 73.8 Å². The second kappa shape index (κ2) is 32.5. The number of ketones is 2. The van der Waals surface area contributed by atoms with Crippen LogP contribution >= 0.6 is 24.4 Å². The number of thiol groups is 1. The molecular formula is C54H74N14O8S2. The Bertz CT molecular complexity index is 2920. The number of benzene rings is 2. The van der Waals surface area contributed by atoms with Crippen LogP contribution in [0.15, 0.2) is 86.0 Å². The Morgan fingerprint density at radius 2 is 1.10 bits per heavy atom. The van der Waals surface area contributed by atoms with Gasteiger partial charge in [0.05, 0.1) is 47.8 Å². The molecule has 78 heavy (non-hydrogen) atoms. The number of thioether (sulfide) groups is 1. The minimum Gasteiger partial charge on any atom is -0.481 e. The first-order valence-electron chi connectivity index (χ1n) is 26.1. The Morgan fingerprint density at radius 3 is 1.54 bits per heavy atom. The molecule has 6 aromatic rings. The molecule has 22 nitrogen and oxygen atoms in total. The standard InChI is InChI=1S/C25H31N7O4S.C19H20N6O.C6H11NO3S.2C2H6/c26-18(19(33)8-9-21(35)36)14-37-12-10-20(34)31-11-4-7-17(13-31)32-25-22(24(27)28-15-29-25)23(30-32)16-5-2-1-3-6-16;1-2-15(26)24-10-6-9-14(11-24)25-19-16(18(20)21-12-22-19)17(23-25)13-7-4-3-5-8-13;7-4(3-11)5(8)1-2-6(9)10;2*1-2/h1-3,5-6,15,17-18H,4,7-14,26H2,(H,35,36)(H2,27,28,29);2-5,7-8,12,14H,1,6,9-11H2,(H2,20,21,22);4,11H,1-3,7H2,(H,9,10);2*1-2H3. The fraction of sp³-hybridized carbons (Fsp3) is 0.444. The van der Waals surface area contributed by atoms with Crippen LogP contribution in [0.5, 0.6) is 0 Å². The first kappa shape index (κ1) is 63.3. The largest absolute Gasteiger partial charge is 0.481 e. The molecule has 10 N–H and O–H groups in total. The lowest BCUT2D eigenvalue weighted by Gasteiger charge is -2.33. The Labute approximate surface area is 464 Å². The number of nitrogens with zero attached hydrogens (tertiary/aromatic N) is 10. The van der Waals surface area contributed by atoms with Crippen molar-refractivity contribution < 1.29 is 39.0 Å². The van der Waals surface area contributed by atoms with Gasteiger partial charge in [0.15, 0.2) is 22.9 Å². The molecule has 4 aromatic heterocycles. The zero-order valence-electron chi connectivity index (χ0n) is 44.8. The molecule has 2 aliphatic heterocycles. The summed E-state index contributed by atoms with van der Waals surface area (Å²) in [6.45, 7) is 14.1. The number of fused-ring (bicyclic) bond motifs is 2. The molecule has 0 saturated carbocycles. The van der Waals surface area contributed by atoms with Gasteiger partial charge in [-0.25, -0.2) is 29.3 Å². The highest BCUT2D eigenvalue weighted by molar-refractivity contribution is 7.99. The summed E-state index contributed by atoms with van der Waals surface area (Å²) >= 11 is 5.23. The first-order chi connectivity index (χ1) is 37.6. The zero-order valence-corrected chi connectivity index (χ0v) is 46.5. The number of carbonyl (C=O) groups is 6. The summed E-state index contributed by atoms with van der Waals surface area (Å²) in [5.74, 6) is -0.597. The van der Waals surface area contributed by atoms with E-state index in [4.69, 9.17) is 43.3 Å². The van der Waals surface area contributed by atoms with Crippen molar-refractivity contribution in [1.29, 1.82) is 0 Å². The van der Waals surface area contributed by atoms with Gasteiger partial charge < -0.3 is 42.9 Å². The van der Waals surface area contributed by atoms with Gasteiger partial charge in [-0.1, -0.05) is 94.9 Å². The van der Waals surface area contributed by atoms with Crippen LogP contribution in [-0.2, 0) is 28.8 Å². The molecule has 4 unspecified atom stereocenters. The fourth-order valence-electron chi connectivity index (χ4n) is 8.51. The number of hydrogen-bond acceptors (Lipinski definition) is 18. The van der Waals surface area contributed by atoms with Crippen LogP contribution in [0.2, 0.25) is 0 Å². The van der Waals surface area contributed by atoms with Gasteiger partial charge in [-0.2, -0.15) is 34.6 Å². The second-order valence-corrected chi connectivity index (χ2v) is 19.1. The lowest BCUT2D eigenvalue weighted by molar-refractivity contribution is -0.139. The molecule has 2 aliphatic rings. The number of aromatic nitrogens is 8. The number of nitrogen functional groups attached to an aromatic ring is 2. The monoisotopic (exact) mass is 1110 g/mol. The minimum absolute atomic E-state index is 0.00292. The predicted octanol–water partition coefficient (Wildman–Crippen LogP) is 6.28. The number of hydrogen-bond donors (Lipinski definition) is 7. The van der Waals surface area contributed by atoms with E-state index < -0.39 is 24.0 Å². The van der Waals surface area contributed by atoms with E-state index in [2.05, 4.69) is 39.1 Å². The highest BCUT2D eigenvalue weighted by Gasteiger charge is 2.30. The molecule has 0 bridgehead atoms. The maximum absolute atomic E-state index is 12.9. The summed E-state index contributed by atoms with van der Waals surface area (Å²) in [7, 11) is 0. The molecule has 2 saturated heterocycles. The normalized spacial score (nSPS) is 15.6. The summed E-state index contributed by atoms with van der Waals surface area (Å²) in [5.41, 5.74) is 28.3. The fourth-order valence-corrected chi connectivity index (χ4v) is 9.64. The molecule has 8 rings (SSSR count). The van der Waals surface area contributed by atoms with Gasteiger partial charge in [0.1, 0.15) is 35.7 Å². The van der Waals surface area contributed by atoms with E-state index in [1.807, 2.05) is 103 Å². The van der Waals surface area contributed by atoms with Crippen LogP contribution < -0.4 is 22.9 Å². The van der Waals surface area contributed by atoms with Crippen molar-refractivity contribution in [3.8, 4) is 22.5 Å². The van der Waals surface area contributed by atoms with Crippen LogP contribution in [0, 0.1) is 0 Å². The molecule has 6 heterocycles. The van der Waals surface area contributed by atoms with Crippen molar-refractivity contribution in [2.45, 2.75) is 110 Å². The predicted molar refractivity (Wildman–Crippen MR) is 308 cm³/mol. The van der Waals surface area contributed by atoms with E-state index in [9.17, 15) is 28.8 Å². The van der Waals surface area contributed by atoms with Gasteiger partial charge >= 0.3 is 11.9 Å². The maximum atomic E-state index is 12.9. The smallest absolute Gasteiger partial charge is 0.303 e. The topological polar surface area (TPSA) is 341 Å². The van der Waals surface area contributed by atoms with Gasteiger partial charge in [0.25, 0.3) is 0 Å². The van der Waals surface area contributed by atoms with Crippen LogP contribution in [0.4, 0.5) is 11.6 Å². The van der Waals surface area contributed by atoms with Crippen molar-refractivity contribution in [3.05, 3.63) is 86.0 Å². The van der Waals surface area contributed by atoms with E-state index in [1.165, 1.54) is 30.5 Å². The van der Waals surface area contributed by atoms with Gasteiger partial charge in [-0.05, 0) is 31.8 Å². The van der Waals surface area contributed by atoms with Crippen molar-refractivity contribution >= 4 is 93.4 Å². The lowest BCUT2D eigenvalue weighted by atomic mass is 10.1. The molecule has 420 valence electrons. The van der Waals surface area contributed by atoms with E-state index in [0.717, 1.165) is 60.1 Å². The summed E-state index contributed by atoms with van der Waals surface area (Å²) in [6.07, 6.45) is 7.68. The minimum atomic E-state index is -1.02. The second-order valence-electron chi connectivity index (χ2n) is 17.6. The Morgan fingerprint density at radius 1 is 0.667 bits per heavy atom. The SMILES string of the molecule is C=CC(=O)N1CCCC(n2nc(-c3ccccc3)c3c(N)ncnc32)C1.CC.CC.NC(CS)C(=O)CCC(=O)O.Nc1ncnc2c1c(-c1ccccc1)nn2C1CCCN(C(=O)CCSCC(N)C(=O)CCC(=O)O)C1. The Balaban J connectivity index is 0.000000277. The van der Waals surface area contributed by atoms with Gasteiger partial charge in [-0.3, -0.25) is 28.8 Å². The van der Waals surface area contributed by atoms with Crippen LogP contribution in [0.25, 0.3) is 44.6 Å². The van der Waals surface area contributed by atoms with Crippen LogP contribution in [-0.4, -0.2) is 150 Å². The number of piperidine rings is 2. The van der Waals surface area contributed by atoms with Crippen LogP contribution in [0.3, 0.4) is 0 Å². The third-order valence-corrected chi connectivity index (χ3v) is 13.9. The summed E-state index contributed by atoms with van der Waals surface area (Å²) < 4.78 is 3.78. The average Bonchev–Trinajstić information content (AvgIpc) is 4.14. The van der Waals surface area contributed by atoms with Crippen LogP contribution in [0.1, 0.15) is 97.6 Å². The van der Waals surface area contributed by atoms with E-state index >= 15 is 0 Å². The third-order valence-electron chi connectivity index (χ3n) is 12.4. The maximum Gasteiger partial charge on any atom is 0.303 e. The van der Waals surface area contributed by atoms with Gasteiger partial charge in [-0.15, -0.1) is 0 Å². The highest BCUT2D eigenvalue weighted by Crippen LogP contribution is 2.35. The van der Waals surface area contributed by atoms with Crippen molar-refractivity contribution in [3.63, 3.8) is 0 Å². The number of aliphatic carboxylic acids is 2. The average molecular weight is 1110 g/mol. The molecule has 2 aromatic carbocycles. The first-order valence-corrected chi connectivity index (χ1v) is 27.9. The quantitative estimate of drug-likeness (QED) is 0.0266. The van der Waals surface area contributed by atoms with Crippen molar-refractivity contribution in [2.75, 3.05) is 54.9 Å². The third kappa shape index (κ3) is 17.6. The molecule has 0 radical (unpaired) electrons. The zero-order chi connectivity index (χ0) is 57.3. The molecule has 0 aliphatic carbocycles. The van der Waals surface area contributed by atoms with Crippen molar-refractivity contribution in [2.24, 2.45) is 11.5 Å². The van der Waals surface area contributed by atoms with E-state index in [1.54, 1.807) is 4.90 Å². The molecule has 2 fully saturated rings. The number of carboxylic acids is 2. The molecule has 24 heteroatoms. The number of rotatable bonds is 19.